The summed E-state index contributed by atoms with van der Waals surface area (Å²) in [6.07, 6.45) is 0.359. The van der Waals surface area contributed by atoms with Gasteiger partial charge in [0.2, 0.25) is 15.8 Å². The Morgan fingerprint density at radius 2 is 1.58 bits per heavy atom. The fourth-order valence-corrected chi connectivity index (χ4v) is 3.26. The van der Waals surface area contributed by atoms with E-state index in [0.717, 1.165) is 16.1 Å². The van der Waals surface area contributed by atoms with Gasteiger partial charge in [-0.25, -0.2) is 8.42 Å². The van der Waals surface area contributed by atoms with Crippen LogP contribution in [0.25, 0.3) is 0 Å². The maximum absolute atomic E-state index is 12.4. The first kappa shape index (κ1) is 24.1. The van der Waals surface area contributed by atoms with Crippen LogP contribution in [-0.2, 0) is 21.4 Å². The van der Waals surface area contributed by atoms with E-state index in [1.807, 2.05) is 0 Å². The molecule has 2 aromatic rings. The predicted molar refractivity (Wildman–Crippen MR) is 118 cm³/mol. The summed E-state index contributed by atoms with van der Waals surface area (Å²) in [6.45, 7) is 1.86. The second-order valence-corrected chi connectivity index (χ2v) is 8.75. The summed E-state index contributed by atoms with van der Waals surface area (Å²) in [5, 5.41) is 2.81. The van der Waals surface area contributed by atoms with Gasteiger partial charge in [-0.15, -0.1) is 0 Å². The molecule has 170 valence electrons. The maximum Gasteiger partial charge on any atom is 0.261 e. The maximum atomic E-state index is 12.4. The number of carbonyl (C=O) groups is 1. The Kier molecular flexibility index (Phi) is 7.98. The number of amides is 1. The SMILES string of the molecule is COc1cc(CNC(=O)[C@@H](C)Oc2ccc(N(C)S(C)(=O)=O)cc2)cc(OC)c1OC. The molecular weight excluding hydrogens is 424 g/mol. The van der Waals surface area contributed by atoms with Gasteiger partial charge in [0.15, 0.2) is 17.6 Å². The number of nitrogens with one attached hydrogen (secondary N) is 1. The quantitative estimate of drug-likeness (QED) is 0.589. The zero-order chi connectivity index (χ0) is 23.2. The first-order chi connectivity index (χ1) is 14.6. The molecule has 0 spiro atoms. The molecule has 0 aromatic heterocycles. The van der Waals surface area contributed by atoms with Gasteiger partial charge in [-0.3, -0.25) is 9.10 Å². The van der Waals surface area contributed by atoms with Gasteiger partial charge >= 0.3 is 0 Å². The number of nitrogens with zero attached hydrogens (tertiary/aromatic N) is 1. The van der Waals surface area contributed by atoms with Crippen molar-refractivity contribution in [1.29, 1.82) is 0 Å². The molecule has 0 aliphatic heterocycles. The van der Waals surface area contributed by atoms with Gasteiger partial charge in [-0.1, -0.05) is 0 Å². The Balaban J connectivity index is 2.00. The Bertz CT molecular complexity index is 982. The number of benzene rings is 2. The van der Waals surface area contributed by atoms with Gasteiger partial charge in [0.25, 0.3) is 5.91 Å². The molecule has 31 heavy (non-hydrogen) atoms. The number of anilines is 1. The number of rotatable bonds is 10. The molecule has 0 bridgehead atoms. The van der Waals surface area contributed by atoms with Gasteiger partial charge in [0.1, 0.15) is 5.75 Å². The monoisotopic (exact) mass is 452 g/mol. The van der Waals surface area contributed by atoms with Crippen molar-refractivity contribution >= 4 is 21.6 Å². The van der Waals surface area contributed by atoms with E-state index in [0.29, 0.717) is 28.7 Å². The summed E-state index contributed by atoms with van der Waals surface area (Å²) >= 11 is 0. The molecule has 2 rings (SSSR count). The van der Waals surface area contributed by atoms with Crippen LogP contribution in [0.4, 0.5) is 5.69 Å². The van der Waals surface area contributed by atoms with Crippen molar-refractivity contribution in [2.24, 2.45) is 0 Å². The van der Waals surface area contributed by atoms with Crippen LogP contribution < -0.4 is 28.6 Å². The minimum atomic E-state index is -3.35. The average Bonchev–Trinajstić information content (AvgIpc) is 2.75. The second-order valence-electron chi connectivity index (χ2n) is 6.74. The lowest BCUT2D eigenvalue weighted by atomic mass is 10.1. The Morgan fingerprint density at radius 3 is 2.03 bits per heavy atom. The third kappa shape index (κ3) is 6.17. The van der Waals surface area contributed by atoms with Crippen LogP contribution in [0.2, 0.25) is 0 Å². The minimum absolute atomic E-state index is 0.237. The number of methoxy groups -OCH3 is 3. The van der Waals surface area contributed by atoms with Gasteiger partial charge in [0, 0.05) is 13.6 Å². The zero-order valence-corrected chi connectivity index (χ0v) is 19.3. The summed E-state index contributed by atoms with van der Waals surface area (Å²) in [5.41, 5.74) is 1.26. The molecule has 0 fully saturated rings. The molecule has 1 atom stereocenters. The first-order valence-corrected chi connectivity index (χ1v) is 11.2. The van der Waals surface area contributed by atoms with Crippen LogP contribution in [0.5, 0.6) is 23.0 Å². The zero-order valence-electron chi connectivity index (χ0n) is 18.5. The van der Waals surface area contributed by atoms with E-state index < -0.39 is 16.1 Å². The molecule has 0 aliphatic rings. The normalized spacial score (nSPS) is 11.9. The third-order valence-corrected chi connectivity index (χ3v) is 5.78. The predicted octanol–water partition coefficient (Wildman–Crippen LogP) is 2.19. The van der Waals surface area contributed by atoms with E-state index in [9.17, 15) is 13.2 Å². The molecule has 0 radical (unpaired) electrons. The highest BCUT2D eigenvalue weighted by molar-refractivity contribution is 7.92. The molecule has 0 heterocycles. The molecule has 0 aliphatic carbocycles. The number of hydrogen-bond acceptors (Lipinski definition) is 7. The van der Waals surface area contributed by atoms with E-state index in [1.54, 1.807) is 43.3 Å². The Hall–Kier alpha value is -3.14. The van der Waals surface area contributed by atoms with E-state index >= 15 is 0 Å². The van der Waals surface area contributed by atoms with E-state index in [-0.39, 0.29) is 12.5 Å². The summed E-state index contributed by atoms with van der Waals surface area (Å²) in [4.78, 5) is 12.4. The van der Waals surface area contributed by atoms with E-state index in [2.05, 4.69) is 5.32 Å². The molecule has 2 aromatic carbocycles. The van der Waals surface area contributed by atoms with E-state index in [1.165, 1.54) is 28.4 Å². The standard InChI is InChI=1S/C21H28N2O7S/c1-14(30-17-9-7-16(8-10-17)23(2)31(6,25)26)21(24)22-13-15-11-18(27-3)20(29-5)19(12-15)28-4/h7-12,14H,13H2,1-6H3,(H,22,24)/t14-/m1/s1. The number of hydrogen-bond donors (Lipinski definition) is 1. The molecule has 1 N–H and O–H groups in total. The molecule has 9 nitrogen and oxygen atoms in total. The highest BCUT2D eigenvalue weighted by Crippen LogP contribution is 2.38. The molecule has 0 saturated heterocycles. The summed E-state index contributed by atoms with van der Waals surface area (Å²) in [5.74, 6) is 1.60. The van der Waals surface area contributed by atoms with Crippen molar-refractivity contribution in [1.82, 2.24) is 5.32 Å². The lowest BCUT2D eigenvalue weighted by Gasteiger charge is -2.18. The summed E-state index contributed by atoms with van der Waals surface area (Å²) in [7, 11) is 2.68. The van der Waals surface area contributed by atoms with Crippen LogP contribution in [-0.4, -0.2) is 55.1 Å². The van der Waals surface area contributed by atoms with Crippen LogP contribution in [0.1, 0.15) is 12.5 Å². The molecular formula is C21H28N2O7S. The Labute approximate surface area is 182 Å². The second kappa shape index (κ2) is 10.3. The fourth-order valence-electron chi connectivity index (χ4n) is 2.75. The van der Waals surface area contributed by atoms with Crippen LogP contribution in [0.15, 0.2) is 36.4 Å². The Morgan fingerprint density at radius 1 is 1.03 bits per heavy atom. The van der Waals surface area contributed by atoms with Crippen LogP contribution in [0.3, 0.4) is 0 Å². The highest BCUT2D eigenvalue weighted by Gasteiger charge is 2.17. The van der Waals surface area contributed by atoms with Crippen molar-refractivity contribution in [3.05, 3.63) is 42.0 Å². The van der Waals surface area contributed by atoms with Gasteiger partial charge in [0.05, 0.1) is 33.3 Å². The number of ether oxygens (including phenoxy) is 4. The topological polar surface area (TPSA) is 103 Å². The first-order valence-electron chi connectivity index (χ1n) is 9.38. The molecule has 0 saturated carbocycles. The van der Waals surface area contributed by atoms with Crippen molar-refractivity contribution in [3.8, 4) is 23.0 Å². The lowest BCUT2D eigenvalue weighted by molar-refractivity contribution is -0.127. The number of carbonyl (C=O) groups excluding carboxylic acids is 1. The largest absolute Gasteiger partial charge is 0.493 e. The highest BCUT2D eigenvalue weighted by atomic mass is 32.2. The van der Waals surface area contributed by atoms with Gasteiger partial charge < -0.3 is 24.3 Å². The third-order valence-electron chi connectivity index (χ3n) is 4.57. The fraction of sp³-hybridized carbons (Fsp3) is 0.381. The summed E-state index contributed by atoms with van der Waals surface area (Å²) in [6, 6.07) is 9.95. The molecule has 0 unspecified atom stereocenters. The number of sulfonamides is 1. The van der Waals surface area contributed by atoms with E-state index in [4.69, 9.17) is 18.9 Å². The van der Waals surface area contributed by atoms with Crippen molar-refractivity contribution in [3.63, 3.8) is 0 Å². The molecule has 1 amide bonds. The van der Waals surface area contributed by atoms with Crippen LogP contribution in [0, 0.1) is 0 Å². The van der Waals surface area contributed by atoms with Gasteiger partial charge in [-0.2, -0.15) is 0 Å². The smallest absolute Gasteiger partial charge is 0.261 e. The summed E-state index contributed by atoms with van der Waals surface area (Å²) < 4.78 is 46.0. The van der Waals surface area contributed by atoms with Crippen molar-refractivity contribution < 1.29 is 32.2 Å². The molecule has 10 heteroatoms. The van der Waals surface area contributed by atoms with Crippen molar-refractivity contribution in [2.45, 2.75) is 19.6 Å². The lowest BCUT2D eigenvalue weighted by Crippen LogP contribution is -2.35. The van der Waals surface area contributed by atoms with Crippen molar-refractivity contribution in [2.75, 3.05) is 38.9 Å². The average molecular weight is 453 g/mol. The van der Waals surface area contributed by atoms with Gasteiger partial charge in [-0.05, 0) is 48.9 Å². The van der Waals surface area contributed by atoms with Crippen LogP contribution >= 0.6 is 0 Å². The minimum Gasteiger partial charge on any atom is -0.493 e.